The number of hydrogen-bond donors (Lipinski definition) is 4. The fourth-order valence-electron chi connectivity index (χ4n) is 2.07. The Labute approximate surface area is 127 Å². The van der Waals surface area contributed by atoms with E-state index in [1.165, 1.54) is 0 Å². The second kappa shape index (κ2) is 6.06. The minimum absolute atomic E-state index is 0.274. The van der Waals surface area contributed by atoms with Gasteiger partial charge in [0, 0.05) is 11.4 Å². The summed E-state index contributed by atoms with van der Waals surface area (Å²) in [5.74, 6) is 10.9. The molecule has 0 aliphatic rings. The highest BCUT2D eigenvalue weighted by atomic mass is 15.3. The Kier molecular flexibility index (Phi) is 3.80. The van der Waals surface area contributed by atoms with Gasteiger partial charge in [0.05, 0.1) is 17.2 Å². The largest absolute Gasteiger partial charge is 0.355 e. The van der Waals surface area contributed by atoms with Crippen LogP contribution in [0.3, 0.4) is 0 Å². The molecule has 0 unspecified atom stereocenters. The summed E-state index contributed by atoms with van der Waals surface area (Å²) in [5.41, 5.74) is 6.28. The fraction of sp³-hybridized carbons (Fsp3) is 0. The van der Waals surface area contributed by atoms with Crippen molar-refractivity contribution < 1.29 is 0 Å². The molecule has 0 radical (unpaired) electrons. The maximum Gasteiger partial charge on any atom is 0.187 e. The van der Waals surface area contributed by atoms with Crippen molar-refractivity contribution in [3.8, 4) is 0 Å². The molecule has 0 aliphatic carbocycles. The predicted octanol–water partition coefficient (Wildman–Crippen LogP) is 1.46. The van der Waals surface area contributed by atoms with Gasteiger partial charge in [0.2, 0.25) is 0 Å². The van der Waals surface area contributed by atoms with Crippen molar-refractivity contribution in [1.82, 2.24) is 15.4 Å². The molecule has 2 aromatic carbocycles. The number of hydrazone groups is 1. The van der Waals surface area contributed by atoms with Gasteiger partial charge in [-0.3, -0.25) is 4.98 Å². The first kappa shape index (κ1) is 13.8. The lowest BCUT2D eigenvalue weighted by Crippen LogP contribution is -2.32. The molecule has 3 aromatic rings. The Balaban J connectivity index is 1.97. The van der Waals surface area contributed by atoms with Crippen molar-refractivity contribution in [2.45, 2.75) is 0 Å². The predicted molar refractivity (Wildman–Crippen MR) is 87.3 cm³/mol. The lowest BCUT2D eigenvalue weighted by Gasteiger charge is -2.08. The van der Waals surface area contributed by atoms with Gasteiger partial charge in [0.25, 0.3) is 0 Å². The highest BCUT2D eigenvalue weighted by Crippen LogP contribution is 2.20. The van der Waals surface area contributed by atoms with E-state index in [9.17, 15) is 0 Å². The van der Waals surface area contributed by atoms with Gasteiger partial charge in [0.15, 0.2) is 5.84 Å². The number of fused-ring (bicyclic) bond motifs is 1. The second-order valence-corrected chi connectivity index (χ2v) is 4.57. The highest BCUT2D eigenvalue weighted by molar-refractivity contribution is 5.97. The average Bonchev–Trinajstić information content (AvgIpc) is 2.56. The first-order valence-corrected chi connectivity index (χ1v) is 6.64. The third-order valence-electron chi connectivity index (χ3n) is 3.11. The van der Waals surface area contributed by atoms with E-state index in [0.29, 0.717) is 5.69 Å². The number of anilines is 2. The van der Waals surface area contributed by atoms with Gasteiger partial charge < -0.3 is 16.6 Å². The number of hydrogen-bond acceptors (Lipinski definition) is 6. The molecule has 3 rings (SSSR count). The number of rotatable bonds is 3. The summed E-state index contributed by atoms with van der Waals surface area (Å²) in [6.45, 7) is 0. The van der Waals surface area contributed by atoms with Gasteiger partial charge in [-0.2, -0.15) is 5.10 Å². The van der Waals surface area contributed by atoms with E-state index in [1.54, 1.807) is 6.20 Å². The first-order chi connectivity index (χ1) is 10.8. The van der Waals surface area contributed by atoms with Crippen LogP contribution in [0.2, 0.25) is 0 Å². The molecule has 0 atom stereocenters. The summed E-state index contributed by atoms with van der Waals surface area (Å²) < 4.78 is 0. The first-order valence-electron chi connectivity index (χ1n) is 6.64. The van der Waals surface area contributed by atoms with E-state index >= 15 is 0 Å². The molecule has 110 valence electrons. The minimum atomic E-state index is 0.274. The quantitative estimate of drug-likeness (QED) is 0.251. The Morgan fingerprint density at radius 1 is 1.00 bits per heavy atom. The van der Waals surface area contributed by atoms with Crippen LogP contribution in [0, 0.1) is 0 Å². The number of para-hydroxylation sites is 1. The summed E-state index contributed by atoms with van der Waals surface area (Å²) in [4.78, 5) is 8.79. The van der Waals surface area contributed by atoms with Crippen molar-refractivity contribution in [2.24, 2.45) is 16.8 Å². The molecule has 0 aliphatic heterocycles. The third kappa shape index (κ3) is 2.79. The van der Waals surface area contributed by atoms with Gasteiger partial charge in [-0.1, -0.05) is 18.2 Å². The average molecular weight is 293 g/mol. The molecule has 0 amide bonds. The fourth-order valence-corrected chi connectivity index (χ4v) is 2.07. The van der Waals surface area contributed by atoms with Crippen LogP contribution in [-0.2, 0) is 0 Å². The van der Waals surface area contributed by atoms with E-state index in [2.05, 4.69) is 25.8 Å². The number of benzene rings is 2. The Bertz CT molecular complexity index is 814. The normalized spacial score (nSPS) is 11.4. The molecule has 0 fully saturated rings. The maximum absolute atomic E-state index is 5.35. The zero-order valence-electron chi connectivity index (χ0n) is 11.7. The summed E-state index contributed by atoms with van der Waals surface area (Å²) in [6.07, 6.45) is 1.57. The molecular weight excluding hydrogens is 278 g/mol. The summed E-state index contributed by atoms with van der Waals surface area (Å²) in [5, 5.41) is 6.85. The number of aromatic nitrogens is 2. The van der Waals surface area contributed by atoms with Gasteiger partial charge in [0.1, 0.15) is 5.69 Å². The van der Waals surface area contributed by atoms with E-state index < -0.39 is 0 Å². The van der Waals surface area contributed by atoms with Gasteiger partial charge >= 0.3 is 0 Å². The van der Waals surface area contributed by atoms with Crippen LogP contribution in [0.5, 0.6) is 0 Å². The van der Waals surface area contributed by atoms with Gasteiger partial charge in [-0.15, -0.1) is 0 Å². The molecule has 22 heavy (non-hydrogen) atoms. The molecule has 1 aromatic heterocycles. The van der Waals surface area contributed by atoms with Crippen molar-refractivity contribution in [2.75, 3.05) is 5.32 Å². The lowest BCUT2D eigenvalue weighted by molar-refractivity contribution is 0.991. The second-order valence-electron chi connectivity index (χ2n) is 4.57. The highest BCUT2D eigenvalue weighted by Gasteiger charge is 2.06. The monoisotopic (exact) mass is 293 g/mol. The molecule has 7 nitrogen and oxygen atoms in total. The summed E-state index contributed by atoms with van der Waals surface area (Å²) >= 11 is 0. The lowest BCUT2D eigenvalue weighted by atomic mass is 10.2. The molecular formula is C15H15N7. The van der Waals surface area contributed by atoms with E-state index in [4.69, 9.17) is 11.7 Å². The van der Waals surface area contributed by atoms with Crippen LogP contribution in [0.25, 0.3) is 11.0 Å². The van der Waals surface area contributed by atoms with Gasteiger partial charge in [-0.25, -0.2) is 10.8 Å². The van der Waals surface area contributed by atoms with E-state index in [0.717, 1.165) is 22.4 Å². The Morgan fingerprint density at radius 2 is 1.82 bits per heavy atom. The molecule has 0 saturated heterocycles. The zero-order chi connectivity index (χ0) is 15.4. The minimum Gasteiger partial charge on any atom is -0.355 e. The topological polar surface area (TPSA) is 114 Å². The maximum atomic E-state index is 5.35. The number of nitrogens with two attached hydrogens (primary N) is 2. The standard InChI is InChI=1S/C15H15N7/c16-21-15(22-17)14-9-18-12-7-6-11(8-13(12)20-14)19-10-4-2-1-3-5-10/h1-9,19H,16-17H2,(H,21,22). The van der Waals surface area contributed by atoms with Crippen LogP contribution >= 0.6 is 0 Å². The van der Waals surface area contributed by atoms with Crippen LogP contribution in [0.15, 0.2) is 59.8 Å². The number of nitrogens with one attached hydrogen (secondary N) is 2. The van der Waals surface area contributed by atoms with Crippen LogP contribution in [0.4, 0.5) is 11.4 Å². The van der Waals surface area contributed by atoms with E-state index in [1.807, 2.05) is 48.5 Å². The van der Waals surface area contributed by atoms with Gasteiger partial charge in [-0.05, 0) is 30.3 Å². The van der Waals surface area contributed by atoms with Crippen molar-refractivity contribution in [3.63, 3.8) is 0 Å². The molecule has 7 heteroatoms. The Hall–Kier alpha value is -3.19. The van der Waals surface area contributed by atoms with Crippen molar-refractivity contribution in [1.29, 1.82) is 0 Å². The SMILES string of the molecule is N/N=C(\NN)c1cnc2ccc(Nc3ccccc3)cc2n1. The number of nitrogens with zero attached hydrogens (tertiary/aromatic N) is 3. The van der Waals surface area contributed by atoms with Crippen molar-refractivity contribution >= 4 is 28.2 Å². The summed E-state index contributed by atoms with van der Waals surface area (Å²) in [7, 11) is 0. The number of amidine groups is 1. The van der Waals surface area contributed by atoms with Crippen molar-refractivity contribution in [3.05, 3.63) is 60.4 Å². The molecule has 0 spiro atoms. The summed E-state index contributed by atoms with van der Waals surface area (Å²) in [6, 6.07) is 15.6. The van der Waals surface area contributed by atoms with Crippen LogP contribution in [0.1, 0.15) is 5.69 Å². The van der Waals surface area contributed by atoms with Crippen LogP contribution < -0.4 is 22.4 Å². The molecule has 1 heterocycles. The smallest absolute Gasteiger partial charge is 0.187 e. The van der Waals surface area contributed by atoms with E-state index in [-0.39, 0.29) is 5.84 Å². The Morgan fingerprint density at radius 3 is 2.55 bits per heavy atom. The molecule has 6 N–H and O–H groups in total. The third-order valence-corrected chi connectivity index (χ3v) is 3.11. The van der Waals surface area contributed by atoms with Crippen LogP contribution in [-0.4, -0.2) is 15.8 Å². The molecule has 0 saturated carbocycles. The zero-order valence-corrected chi connectivity index (χ0v) is 11.7. The number of hydrazine groups is 1. The molecule has 0 bridgehead atoms.